The van der Waals surface area contributed by atoms with Crippen LogP contribution < -0.4 is 5.32 Å². The predicted octanol–water partition coefficient (Wildman–Crippen LogP) is 7.20. The van der Waals surface area contributed by atoms with E-state index in [1.54, 1.807) is 18.3 Å². The molecule has 1 aliphatic heterocycles. The maximum atomic E-state index is 15.6. The van der Waals surface area contributed by atoms with Crippen LogP contribution >= 0.6 is 0 Å². The maximum absolute atomic E-state index is 15.6. The normalized spacial score (nSPS) is 20.1. The first-order chi connectivity index (χ1) is 18.1. The summed E-state index contributed by atoms with van der Waals surface area (Å²) in [7, 11) is 0. The summed E-state index contributed by atoms with van der Waals surface area (Å²) < 4.78 is 60.3. The minimum atomic E-state index is -2.89. The Kier molecular flexibility index (Phi) is 8.11. The highest BCUT2D eigenvalue weighted by atomic mass is 19.2. The van der Waals surface area contributed by atoms with Gasteiger partial charge < -0.3 is 10.7 Å². The zero-order valence-corrected chi connectivity index (χ0v) is 21.4. The van der Waals surface area contributed by atoms with E-state index in [0.29, 0.717) is 18.2 Å². The van der Waals surface area contributed by atoms with Crippen LogP contribution in [0, 0.1) is 18.2 Å². The highest BCUT2D eigenvalue weighted by Crippen LogP contribution is 2.39. The summed E-state index contributed by atoms with van der Waals surface area (Å²) >= 11 is 0. The van der Waals surface area contributed by atoms with Crippen LogP contribution in [0.25, 0.3) is 0 Å². The van der Waals surface area contributed by atoms with Crippen LogP contribution in [0.4, 0.5) is 23.2 Å². The first-order valence-electron chi connectivity index (χ1n) is 12.4. The smallest absolute Gasteiger partial charge is 0.205 e. The molecule has 1 aliphatic carbocycles. The minimum Gasteiger partial charge on any atom is -0.355 e. The standard InChI is InChI=1S/C30H30F4N4/c1-19-27(31)7-4-5-11-30(19,34)29(33)25(17-35)21(3)37-24-9-8-23(28(32)16-24)15-22-10-12-36-20(2)26(22)18-38-13-6-14-38/h4-5,7-12,16-17,35,37H,3,6,13-15,18H2,1-2H3/b29-25-,35-17?. The second-order valence-electron chi connectivity index (χ2n) is 9.53. The van der Waals surface area contributed by atoms with Gasteiger partial charge in [-0.3, -0.25) is 9.88 Å². The second kappa shape index (κ2) is 11.3. The molecular formula is C30H30F4N4. The summed E-state index contributed by atoms with van der Waals surface area (Å²) in [5, 5.41) is 10.4. The number of benzene rings is 1. The van der Waals surface area contributed by atoms with E-state index < -0.39 is 34.3 Å². The third-order valence-electron chi connectivity index (χ3n) is 7.04. The highest BCUT2D eigenvalue weighted by Gasteiger charge is 2.39. The number of nitrogens with zero attached hydrogens (tertiary/aromatic N) is 2. The monoisotopic (exact) mass is 522 g/mol. The number of anilines is 1. The first-order valence-corrected chi connectivity index (χ1v) is 12.4. The number of allylic oxidation sites excluding steroid dienone is 8. The van der Waals surface area contributed by atoms with Gasteiger partial charge in [-0.25, -0.2) is 17.6 Å². The number of likely N-dealkylation sites (tertiary alicyclic amines) is 1. The Morgan fingerprint density at radius 1 is 1.18 bits per heavy atom. The van der Waals surface area contributed by atoms with Gasteiger partial charge in [0.15, 0.2) is 5.83 Å². The lowest BCUT2D eigenvalue weighted by molar-refractivity contribution is 0.171. The van der Waals surface area contributed by atoms with Gasteiger partial charge in [0.05, 0.1) is 5.57 Å². The Balaban J connectivity index is 1.55. The lowest BCUT2D eigenvalue weighted by Gasteiger charge is -2.31. The van der Waals surface area contributed by atoms with E-state index in [1.807, 2.05) is 13.0 Å². The van der Waals surface area contributed by atoms with Crippen LogP contribution in [0.1, 0.15) is 35.7 Å². The minimum absolute atomic E-state index is 0.165. The Morgan fingerprint density at radius 3 is 2.61 bits per heavy atom. The molecule has 2 aliphatic rings. The van der Waals surface area contributed by atoms with Gasteiger partial charge in [-0.05, 0) is 80.4 Å². The quantitative estimate of drug-likeness (QED) is 0.208. The molecule has 1 atom stereocenters. The average molecular weight is 523 g/mol. The molecule has 1 fully saturated rings. The number of halogens is 4. The number of aryl methyl sites for hydroxylation is 1. The van der Waals surface area contributed by atoms with Gasteiger partial charge in [0.2, 0.25) is 5.67 Å². The van der Waals surface area contributed by atoms with E-state index in [0.717, 1.165) is 55.5 Å². The molecule has 1 unspecified atom stereocenters. The molecule has 0 radical (unpaired) electrons. The van der Waals surface area contributed by atoms with Crippen molar-refractivity contribution >= 4 is 11.9 Å². The summed E-state index contributed by atoms with van der Waals surface area (Å²) in [4.78, 5) is 6.73. The van der Waals surface area contributed by atoms with E-state index in [4.69, 9.17) is 5.41 Å². The third-order valence-corrected chi connectivity index (χ3v) is 7.04. The molecule has 4 rings (SSSR count). The number of hydrogen-bond donors (Lipinski definition) is 2. The first kappa shape index (κ1) is 27.3. The molecule has 1 aromatic heterocycles. The third kappa shape index (κ3) is 5.55. The number of rotatable bonds is 9. The Bertz CT molecular complexity index is 1380. The van der Waals surface area contributed by atoms with Gasteiger partial charge in [0.25, 0.3) is 0 Å². The molecular weight excluding hydrogens is 492 g/mol. The molecule has 0 spiro atoms. The van der Waals surface area contributed by atoms with Gasteiger partial charge >= 0.3 is 0 Å². The van der Waals surface area contributed by atoms with Crippen LogP contribution in [0.3, 0.4) is 0 Å². The number of alkyl halides is 1. The summed E-state index contributed by atoms with van der Waals surface area (Å²) in [6, 6.07) is 6.38. The van der Waals surface area contributed by atoms with Crippen LogP contribution in [0.15, 0.2) is 89.8 Å². The van der Waals surface area contributed by atoms with Gasteiger partial charge in [0, 0.05) is 48.0 Å². The van der Waals surface area contributed by atoms with Gasteiger partial charge in [-0.1, -0.05) is 24.8 Å². The molecule has 2 aromatic rings. The summed E-state index contributed by atoms with van der Waals surface area (Å²) in [6.45, 7) is 9.66. The van der Waals surface area contributed by atoms with Crippen molar-refractivity contribution in [3.63, 3.8) is 0 Å². The van der Waals surface area contributed by atoms with Crippen molar-refractivity contribution in [3.05, 3.63) is 118 Å². The van der Waals surface area contributed by atoms with E-state index in [1.165, 1.54) is 24.6 Å². The Morgan fingerprint density at radius 2 is 1.95 bits per heavy atom. The van der Waals surface area contributed by atoms with Crippen molar-refractivity contribution < 1.29 is 17.6 Å². The fourth-order valence-electron chi connectivity index (χ4n) is 4.48. The van der Waals surface area contributed by atoms with Crippen molar-refractivity contribution in [2.24, 2.45) is 0 Å². The SMILES string of the molecule is C=C(Nc1ccc(Cc2ccnc(C)c2CN2CCC2)c(F)c1)/C(C=N)=C(\F)C1(F)C=CC=CC(F)=C1C. The number of nitrogens with one attached hydrogen (secondary N) is 2. The van der Waals surface area contributed by atoms with Crippen molar-refractivity contribution in [3.8, 4) is 0 Å². The number of aromatic nitrogens is 1. The van der Waals surface area contributed by atoms with Gasteiger partial charge in [-0.2, -0.15) is 0 Å². The molecule has 1 saturated heterocycles. The molecule has 0 bridgehead atoms. The highest BCUT2D eigenvalue weighted by molar-refractivity contribution is 5.85. The number of hydrogen-bond acceptors (Lipinski definition) is 4. The van der Waals surface area contributed by atoms with Crippen LogP contribution in [-0.2, 0) is 13.0 Å². The molecule has 1 aromatic carbocycles. The fraction of sp³-hybridized carbons (Fsp3) is 0.267. The van der Waals surface area contributed by atoms with Crippen molar-refractivity contribution in [1.29, 1.82) is 5.41 Å². The predicted molar refractivity (Wildman–Crippen MR) is 144 cm³/mol. The molecule has 2 N–H and O–H groups in total. The summed E-state index contributed by atoms with van der Waals surface area (Å²) in [5.41, 5.74) is -0.298. The zero-order chi connectivity index (χ0) is 27.4. The number of pyridine rings is 1. The van der Waals surface area contributed by atoms with Crippen molar-refractivity contribution in [2.75, 3.05) is 18.4 Å². The van der Waals surface area contributed by atoms with E-state index >= 15 is 13.2 Å². The molecule has 0 amide bonds. The van der Waals surface area contributed by atoms with Crippen LogP contribution in [0.2, 0.25) is 0 Å². The van der Waals surface area contributed by atoms with E-state index in [9.17, 15) is 4.39 Å². The topological polar surface area (TPSA) is 52.0 Å². The Hall–Kier alpha value is -3.78. The average Bonchev–Trinajstić information content (AvgIpc) is 2.98. The molecule has 4 nitrogen and oxygen atoms in total. The summed E-state index contributed by atoms with van der Waals surface area (Å²) in [5.74, 6) is -2.78. The maximum Gasteiger partial charge on any atom is 0.205 e. The van der Waals surface area contributed by atoms with E-state index in [-0.39, 0.29) is 11.4 Å². The largest absolute Gasteiger partial charge is 0.355 e. The molecule has 0 saturated carbocycles. The molecule has 38 heavy (non-hydrogen) atoms. The van der Waals surface area contributed by atoms with Crippen LogP contribution in [0.5, 0.6) is 0 Å². The Labute approximate surface area is 220 Å². The van der Waals surface area contributed by atoms with Gasteiger partial charge in [0.1, 0.15) is 11.6 Å². The summed E-state index contributed by atoms with van der Waals surface area (Å²) in [6.07, 6.45) is 8.24. The second-order valence-corrected chi connectivity index (χ2v) is 9.53. The molecule has 8 heteroatoms. The van der Waals surface area contributed by atoms with E-state index in [2.05, 4.69) is 21.8 Å². The van der Waals surface area contributed by atoms with Crippen molar-refractivity contribution in [2.45, 2.75) is 38.9 Å². The lowest BCUT2D eigenvalue weighted by atomic mass is 9.91. The fourth-order valence-corrected chi connectivity index (χ4v) is 4.48. The van der Waals surface area contributed by atoms with Gasteiger partial charge in [-0.15, -0.1) is 0 Å². The zero-order valence-electron chi connectivity index (χ0n) is 21.4. The van der Waals surface area contributed by atoms with Crippen LogP contribution in [-0.4, -0.2) is 34.9 Å². The lowest BCUT2D eigenvalue weighted by Crippen LogP contribution is -2.36. The molecule has 198 valence electrons. The van der Waals surface area contributed by atoms with Crippen molar-refractivity contribution in [1.82, 2.24) is 9.88 Å². The molecule has 2 heterocycles.